The minimum atomic E-state index is -0.414. The van der Waals surface area contributed by atoms with Gasteiger partial charge in [0.2, 0.25) is 5.91 Å². The lowest BCUT2D eigenvalue weighted by molar-refractivity contribution is -0.117. The summed E-state index contributed by atoms with van der Waals surface area (Å²) >= 11 is 3.30. The molecule has 0 aliphatic rings. The Morgan fingerprint density at radius 1 is 1.29 bits per heavy atom. The van der Waals surface area contributed by atoms with Crippen molar-refractivity contribution in [3.8, 4) is 0 Å². The number of hydrogen-bond acceptors (Lipinski definition) is 3. The Hall–Kier alpha value is -1.40. The molecule has 1 aromatic carbocycles. The monoisotopic (exact) mass is 299 g/mol. The molecule has 0 fully saturated rings. The summed E-state index contributed by atoms with van der Waals surface area (Å²) in [5.74, 6) is -0.560. The number of rotatable bonds is 6. The molecule has 0 aliphatic carbocycles. The third-order valence-electron chi connectivity index (χ3n) is 1.97. The van der Waals surface area contributed by atoms with Gasteiger partial charge < -0.3 is 16.4 Å². The van der Waals surface area contributed by atoms with Gasteiger partial charge in [-0.2, -0.15) is 0 Å². The summed E-state index contributed by atoms with van der Waals surface area (Å²) in [6, 6.07) is 7.12. The maximum absolute atomic E-state index is 11.6. The number of hydrogen-bond donors (Lipinski definition) is 3. The summed E-state index contributed by atoms with van der Waals surface area (Å²) in [4.78, 5) is 22.1. The van der Waals surface area contributed by atoms with E-state index in [0.29, 0.717) is 18.7 Å². The van der Waals surface area contributed by atoms with Gasteiger partial charge in [0.25, 0.3) is 5.91 Å². The Kier molecular flexibility index (Phi) is 5.65. The van der Waals surface area contributed by atoms with Crippen LogP contribution in [0.3, 0.4) is 0 Å². The number of carbonyl (C=O) groups is 2. The van der Waals surface area contributed by atoms with Crippen LogP contribution in [0.25, 0.3) is 0 Å². The Labute approximate surface area is 108 Å². The van der Waals surface area contributed by atoms with Gasteiger partial charge in [-0.3, -0.25) is 9.59 Å². The van der Waals surface area contributed by atoms with Crippen LogP contribution >= 0.6 is 15.9 Å². The summed E-state index contributed by atoms with van der Waals surface area (Å²) in [5.41, 5.74) is 5.54. The second-order valence-corrected chi connectivity index (χ2v) is 4.33. The first-order chi connectivity index (χ1) is 8.09. The van der Waals surface area contributed by atoms with Crippen LogP contribution in [0.4, 0.5) is 0 Å². The largest absolute Gasteiger partial charge is 0.369 e. The van der Waals surface area contributed by atoms with Gasteiger partial charge in [0.15, 0.2) is 0 Å². The quantitative estimate of drug-likeness (QED) is 0.659. The molecule has 5 nitrogen and oxygen atoms in total. The van der Waals surface area contributed by atoms with Gasteiger partial charge in [-0.05, 0) is 18.2 Å². The fourth-order valence-corrected chi connectivity index (χ4v) is 1.61. The molecule has 92 valence electrons. The van der Waals surface area contributed by atoms with Crippen LogP contribution in [0.15, 0.2) is 28.7 Å². The van der Waals surface area contributed by atoms with E-state index in [9.17, 15) is 9.59 Å². The van der Waals surface area contributed by atoms with Gasteiger partial charge in [0, 0.05) is 23.1 Å². The Bertz CT molecular complexity index is 409. The lowest BCUT2D eigenvalue weighted by Gasteiger charge is -2.06. The van der Waals surface area contributed by atoms with Gasteiger partial charge in [-0.1, -0.05) is 22.0 Å². The zero-order valence-electron chi connectivity index (χ0n) is 9.20. The van der Waals surface area contributed by atoms with Crippen LogP contribution < -0.4 is 16.4 Å². The smallest absolute Gasteiger partial charge is 0.251 e. The second kappa shape index (κ2) is 7.03. The third-order valence-corrected chi connectivity index (χ3v) is 2.47. The molecule has 0 bridgehead atoms. The number of nitrogens with one attached hydrogen (secondary N) is 2. The van der Waals surface area contributed by atoms with Gasteiger partial charge in [0.1, 0.15) is 0 Å². The first-order valence-corrected chi connectivity index (χ1v) is 5.91. The first-order valence-electron chi connectivity index (χ1n) is 5.12. The van der Waals surface area contributed by atoms with E-state index in [-0.39, 0.29) is 12.5 Å². The normalized spacial score (nSPS) is 9.94. The molecule has 0 spiro atoms. The van der Waals surface area contributed by atoms with Crippen LogP contribution in [0.2, 0.25) is 0 Å². The van der Waals surface area contributed by atoms with E-state index in [1.807, 2.05) is 6.07 Å². The fourth-order valence-electron chi connectivity index (χ4n) is 1.21. The van der Waals surface area contributed by atoms with E-state index in [1.165, 1.54) is 0 Å². The number of halogens is 1. The fraction of sp³-hybridized carbons (Fsp3) is 0.273. The van der Waals surface area contributed by atoms with Gasteiger partial charge in [-0.15, -0.1) is 0 Å². The van der Waals surface area contributed by atoms with Crippen LogP contribution in [0, 0.1) is 0 Å². The standard InChI is InChI=1S/C11H14BrN3O2/c12-9-3-1-2-8(6-9)11(17)15-5-4-14-7-10(13)16/h1-3,6,14H,4-5,7H2,(H2,13,16)(H,15,17). The summed E-state index contributed by atoms with van der Waals surface area (Å²) < 4.78 is 0.858. The summed E-state index contributed by atoms with van der Waals surface area (Å²) in [7, 11) is 0. The molecule has 0 aliphatic heterocycles. The van der Waals surface area contributed by atoms with E-state index in [4.69, 9.17) is 5.73 Å². The Morgan fingerprint density at radius 2 is 2.06 bits per heavy atom. The lowest BCUT2D eigenvalue weighted by Crippen LogP contribution is -2.35. The molecule has 1 aromatic rings. The molecule has 2 amide bonds. The van der Waals surface area contributed by atoms with Crippen molar-refractivity contribution in [3.63, 3.8) is 0 Å². The van der Waals surface area contributed by atoms with Crippen molar-refractivity contribution in [1.29, 1.82) is 0 Å². The summed E-state index contributed by atoms with van der Waals surface area (Å²) in [6.45, 7) is 1.06. The molecule has 0 unspecified atom stereocenters. The van der Waals surface area contributed by atoms with E-state index < -0.39 is 5.91 Å². The van der Waals surface area contributed by atoms with Crippen LogP contribution in [0.1, 0.15) is 10.4 Å². The molecule has 0 atom stereocenters. The molecule has 0 heterocycles. The highest BCUT2D eigenvalue weighted by atomic mass is 79.9. The van der Waals surface area contributed by atoms with Crippen LogP contribution in [-0.2, 0) is 4.79 Å². The van der Waals surface area contributed by atoms with Crippen LogP contribution in [-0.4, -0.2) is 31.4 Å². The van der Waals surface area contributed by atoms with Crippen LogP contribution in [0.5, 0.6) is 0 Å². The second-order valence-electron chi connectivity index (χ2n) is 3.41. The van der Waals surface area contributed by atoms with Crippen molar-refractivity contribution >= 4 is 27.7 Å². The molecule has 0 radical (unpaired) electrons. The molecule has 0 saturated heterocycles. The van der Waals surface area contributed by atoms with E-state index >= 15 is 0 Å². The minimum absolute atomic E-state index is 0.118. The number of nitrogens with two attached hydrogens (primary N) is 1. The number of carbonyl (C=O) groups excluding carboxylic acids is 2. The average molecular weight is 300 g/mol. The average Bonchev–Trinajstić information content (AvgIpc) is 2.28. The van der Waals surface area contributed by atoms with Crippen molar-refractivity contribution in [2.24, 2.45) is 5.73 Å². The van der Waals surface area contributed by atoms with Gasteiger partial charge in [-0.25, -0.2) is 0 Å². The van der Waals surface area contributed by atoms with Crippen molar-refractivity contribution in [3.05, 3.63) is 34.3 Å². The Balaban J connectivity index is 2.28. The van der Waals surface area contributed by atoms with E-state index in [2.05, 4.69) is 26.6 Å². The molecule has 4 N–H and O–H groups in total. The molecule has 17 heavy (non-hydrogen) atoms. The van der Waals surface area contributed by atoms with E-state index in [1.54, 1.807) is 18.2 Å². The lowest BCUT2D eigenvalue weighted by atomic mass is 10.2. The van der Waals surface area contributed by atoms with E-state index in [0.717, 1.165) is 4.47 Å². The number of benzene rings is 1. The molecule has 0 aromatic heterocycles. The highest BCUT2D eigenvalue weighted by Gasteiger charge is 2.04. The maximum atomic E-state index is 11.6. The zero-order chi connectivity index (χ0) is 12.7. The SMILES string of the molecule is NC(=O)CNCCNC(=O)c1cccc(Br)c1. The molecule has 0 saturated carbocycles. The minimum Gasteiger partial charge on any atom is -0.369 e. The molecular weight excluding hydrogens is 286 g/mol. The summed E-state index contributed by atoms with van der Waals surface area (Å²) in [6.07, 6.45) is 0. The predicted molar refractivity (Wildman–Crippen MR) is 68.5 cm³/mol. The first kappa shape index (κ1) is 13.7. The number of primary amides is 1. The van der Waals surface area contributed by atoms with Crippen molar-refractivity contribution in [2.45, 2.75) is 0 Å². The molecule has 6 heteroatoms. The maximum Gasteiger partial charge on any atom is 0.251 e. The molecular formula is C11H14BrN3O2. The topological polar surface area (TPSA) is 84.2 Å². The predicted octanol–water partition coefficient (Wildman–Crippen LogP) is 0.254. The highest BCUT2D eigenvalue weighted by molar-refractivity contribution is 9.10. The zero-order valence-corrected chi connectivity index (χ0v) is 10.8. The number of amides is 2. The van der Waals surface area contributed by atoms with Crippen molar-refractivity contribution in [2.75, 3.05) is 19.6 Å². The van der Waals surface area contributed by atoms with Gasteiger partial charge >= 0.3 is 0 Å². The van der Waals surface area contributed by atoms with Gasteiger partial charge in [0.05, 0.1) is 6.54 Å². The summed E-state index contributed by atoms with van der Waals surface area (Å²) in [5, 5.41) is 5.53. The highest BCUT2D eigenvalue weighted by Crippen LogP contribution is 2.11. The Morgan fingerprint density at radius 3 is 2.71 bits per heavy atom. The molecule has 1 rings (SSSR count). The van der Waals surface area contributed by atoms with Crippen molar-refractivity contribution in [1.82, 2.24) is 10.6 Å². The third kappa shape index (κ3) is 5.46. The van der Waals surface area contributed by atoms with Crippen molar-refractivity contribution < 1.29 is 9.59 Å².